The lowest BCUT2D eigenvalue weighted by molar-refractivity contribution is -0.142. The van der Waals surface area contributed by atoms with Crippen molar-refractivity contribution in [1.29, 1.82) is 0 Å². The predicted octanol–water partition coefficient (Wildman–Crippen LogP) is 5.97. The normalized spacial score (nSPS) is 11.2. The number of hydrogen-bond acceptors (Lipinski definition) is 4. The Hall–Kier alpha value is -2.80. The van der Waals surface area contributed by atoms with Crippen LogP contribution >= 0.6 is 22.6 Å². The van der Waals surface area contributed by atoms with Gasteiger partial charge in [0.25, 0.3) is 0 Å². The molecule has 0 N–H and O–H groups in total. The molecule has 0 spiro atoms. The molecule has 0 bridgehead atoms. The summed E-state index contributed by atoms with van der Waals surface area (Å²) in [5.41, 5.74) is 5.55. The number of halogens is 1. The molecule has 3 aromatic rings. The van der Waals surface area contributed by atoms with E-state index in [4.69, 9.17) is 9.47 Å². The van der Waals surface area contributed by atoms with E-state index in [-0.39, 0.29) is 6.61 Å². The zero-order valence-corrected chi connectivity index (χ0v) is 20.0. The highest BCUT2D eigenvalue weighted by Crippen LogP contribution is 2.26. The van der Waals surface area contributed by atoms with Crippen molar-refractivity contribution < 1.29 is 19.0 Å². The van der Waals surface area contributed by atoms with Gasteiger partial charge in [-0.3, -0.25) is 0 Å². The zero-order chi connectivity index (χ0) is 22.2. The van der Waals surface area contributed by atoms with Crippen molar-refractivity contribution in [3.8, 4) is 11.5 Å². The molecule has 0 fully saturated rings. The molecule has 3 rings (SSSR count). The first-order valence-electron chi connectivity index (χ1n) is 9.92. The minimum absolute atomic E-state index is 0.115. The Kier molecular flexibility index (Phi) is 8.12. The van der Waals surface area contributed by atoms with Gasteiger partial charge in [-0.05, 0) is 95.1 Å². The molecule has 0 saturated carbocycles. The van der Waals surface area contributed by atoms with Gasteiger partial charge in [0.15, 0.2) is 6.61 Å². The standard InChI is InChI=1S/C26H25IO4/c1-18-4-6-20(7-5-18)24(21-8-10-22(27)11-9-21)14-15-30-23-12-13-25(19(2)16-23)31-17-26(28)29-3/h4-14,16H,15,17H2,1-3H3. The lowest BCUT2D eigenvalue weighted by Crippen LogP contribution is -2.13. The van der Waals surface area contributed by atoms with E-state index in [1.54, 1.807) is 6.07 Å². The second-order valence-corrected chi connectivity index (χ2v) is 8.34. The number of ether oxygens (including phenoxy) is 3. The molecule has 0 atom stereocenters. The number of carbonyl (C=O) groups is 1. The highest BCUT2D eigenvalue weighted by molar-refractivity contribution is 14.1. The van der Waals surface area contributed by atoms with Crippen LogP contribution in [-0.4, -0.2) is 26.3 Å². The van der Waals surface area contributed by atoms with Crippen LogP contribution in [0, 0.1) is 17.4 Å². The van der Waals surface area contributed by atoms with Crippen LogP contribution in [0.3, 0.4) is 0 Å². The van der Waals surface area contributed by atoms with E-state index >= 15 is 0 Å². The highest BCUT2D eigenvalue weighted by atomic mass is 127. The summed E-state index contributed by atoms with van der Waals surface area (Å²) >= 11 is 2.31. The van der Waals surface area contributed by atoms with E-state index in [0.29, 0.717) is 12.4 Å². The van der Waals surface area contributed by atoms with Crippen LogP contribution in [0.15, 0.2) is 72.8 Å². The third-order valence-electron chi connectivity index (χ3n) is 4.77. The van der Waals surface area contributed by atoms with Crippen LogP contribution in [0.2, 0.25) is 0 Å². The number of esters is 1. The number of benzene rings is 3. The molecule has 0 unspecified atom stereocenters. The molecule has 5 heteroatoms. The maximum atomic E-state index is 11.3. The summed E-state index contributed by atoms with van der Waals surface area (Å²) in [4.78, 5) is 11.3. The first-order chi connectivity index (χ1) is 15.0. The van der Waals surface area contributed by atoms with Crippen molar-refractivity contribution in [1.82, 2.24) is 0 Å². The predicted molar refractivity (Wildman–Crippen MR) is 132 cm³/mol. The van der Waals surface area contributed by atoms with Crippen molar-refractivity contribution in [2.75, 3.05) is 20.3 Å². The molecule has 31 heavy (non-hydrogen) atoms. The molecule has 3 aromatic carbocycles. The monoisotopic (exact) mass is 528 g/mol. The van der Waals surface area contributed by atoms with Gasteiger partial charge in [0, 0.05) is 3.57 Å². The largest absolute Gasteiger partial charge is 0.489 e. The summed E-state index contributed by atoms with van der Waals surface area (Å²) in [6.07, 6.45) is 2.10. The fourth-order valence-corrected chi connectivity index (χ4v) is 3.41. The van der Waals surface area contributed by atoms with E-state index in [1.807, 2.05) is 19.1 Å². The number of rotatable bonds is 8. The Labute approximate surface area is 197 Å². The maximum absolute atomic E-state index is 11.3. The number of hydrogen-bond donors (Lipinski definition) is 0. The molecule has 4 nitrogen and oxygen atoms in total. The van der Waals surface area contributed by atoms with Crippen molar-refractivity contribution in [2.45, 2.75) is 13.8 Å². The molecule has 0 aliphatic carbocycles. The van der Waals surface area contributed by atoms with Gasteiger partial charge in [-0.1, -0.05) is 42.0 Å². The van der Waals surface area contributed by atoms with Crippen LogP contribution in [0.5, 0.6) is 11.5 Å². The summed E-state index contributed by atoms with van der Waals surface area (Å²) in [7, 11) is 1.34. The summed E-state index contributed by atoms with van der Waals surface area (Å²) < 4.78 is 17.3. The van der Waals surface area contributed by atoms with Crippen LogP contribution in [-0.2, 0) is 9.53 Å². The number of carbonyl (C=O) groups excluding carboxylic acids is 1. The van der Waals surface area contributed by atoms with Gasteiger partial charge in [-0.2, -0.15) is 0 Å². The summed E-state index contributed by atoms with van der Waals surface area (Å²) in [5.74, 6) is 0.960. The highest BCUT2D eigenvalue weighted by Gasteiger charge is 2.08. The van der Waals surface area contributed by atoms with E-state index < -0.39 is 5.97 Å². The van der Waals surface area contributed by atoms with E-state index in [0.717, 1.165) is 28.0 Å². The molecule has 0 heterocycles. The maximum Gasteiger partial charge on any atom is 0.343 e. The number of methoxy groups -OCH3 is 1. The van der Waals surface area contributed by atoms with Crippen molar-refractivity contribution >= 4 is 34.1 Å². The Morgan fingerprint density at radius 1 is 0.903 bits per heavy atom. The molecule has 0 aliphatic rings. The van der Waals surface area contributed by atoms with Gasteiger partial charge in [0.05, 0.1) is 7.11 Å². The van der Waals surface area contributed by atoms with E-state index in [2.05, 4.69) is 88.9 Å². The molecular formula is C26H25IO4. The van der Waals surface area contributed by atoms with Crippen molar-refractivity contribution in [3.63, 3.8) is 0 Å². The lowest BCUT2D eigenvalue weighted by Gasteiger charge is -2.12. The van der Waals surface area contributed by atoms with Gasteiger partial charge in [0.2, 0.25) is 0 Å². The molecule has 0 amide bonds. The van der Waals surface area contributed by atoms with Crippen LogP contribution in [0.1, 0.15) is 22.3 Å². The quantitative estimate of drug-likeness (QED) is 0.267. The Bertz CT molecular complexity index is 1010. The van der Waals surface area contributed by atoms with Crippen LogP contribution in [0.4, 0.5) is 0 Å². The fraction of sp³-hybridized carbons (Fsp3) is 0.192. The third-order valence-corrected chi connectivity index (χ3v) is 5.49. The molecule has 160 valence electrons. The molecule has 0 aliphatic heterocycles. The second kappa shape index (κ2) is 11.0. The Morgan fingerprint density at radius 2 is 1.55 bits per heavy atom. The van der Waals surface area contributed by atoms with Gasteiger partial charge in [-0.25, -0.2) is 4.79 Å². The number of aryl methyl sites for hydroxylation is 2. The first-order valence-corrected chi connectivity index (χ1v) is 11.0. The van der Waals surface area contributed by atoms with Crippen molar-refractivity contribution in [2.24, 2.45) is 0 Å². The second-order valence-electron chi connectivity index (χ2n) is 7.09. The molecular weight excluding hydrogens is 503 g/mol. The Morgan fingerprint density at radius 3 is 2.16 bits per heavy atom. The minimum Gasteiger partial charge on any atom is -0.489 e. The van der Waals surface area contributed by atoms with Gasteiger partial charge < -0.3 is 14.2 Å². The molecule has 0 saturated heterocycles. The van der Waals surface area contributed by atoms with Gasteiger partial charge in [0.1, 0.15) is 18.1 Å². The topological polar surface area (TPSA) is 44.8 Å². The summed E-state index contributed by atoms with van der Waals surface area (Å²) in [6.45, 7) is 4.31. The fourth-order valence-electron chi connectivity index (χ4n) is 3.06. The van der Waals surface area contributed by atoms with Gasteiger partial charge >= 0.3 is 5.97 Å². The van der Waals surface area contributed by atoms with Gasteiger partial charge in [-0.15, -0.1) is 0 Å². The first kappa shape index (κ1) is 22.9. The Balaban J connectivity index is 1.75. The molecule has 0 aromatic heterocycles. The summed E-state index contributed by atoms with van der Waals surface area (Å²) in [6, 6.07) is 22.5. The van der Waals surface area contributed by atoms with Crippen LogP contribution < -0.4 is 9.47 Å². The van der Waals surface area contributed by atoms with Crippen molar-refractivity contribution in [3.05, 3.63) is 98.6 Å². The van der Waals surface area contributed by atoms with E-state index in [9.17, 15) is 4.79 Å². The lowest BCUT2D eigenvalue weighted by atomic mass is 9.97. The average molecular weight is 528 g/mol. The van der Waals surface area contributed by atoms with E-state index in [1.165, 1.54) is 16.2 Å². The van der Waals surface area contributed by atoms with Crippen LogP contribution in [0.25, 0.3) is 5.57 Å². The summed E-state index contributed by atoms with van der Waals surface area (Å²) in [5, 5.41) is 0. The SMILES string of the molecule is COC(=O)COc1ccc(OCC=C(c2ccc(C)cc2)c2ccc(I)cc2)cc1C. The third kappa shape index (κ3) is 6.59. The molecule has 0 radical (unpaired) electrons. The minimum atomic E-state index is -0.413. The smallest absolute Gasteiger partial charge is 0.343 e. The zero-order valence-electron chi connectivity index (χ0n) is 17.9. The average Bonchev–Trinajstić information content (AvgIpc) is 2.77.